The van der Waals surface area contributed by atoms with Gasteiger partial charge in [0.05, 0.1) is 0 Å². The van der Waals surface area contributed by atoms with Gasteiger partial charge in [0.25, 0.3) is 5.91 Å². The molecule has 1 amide bonds. The Morgan fingerprint density at radius 1 is 0.947 bits per heavy atom. The zero-order valence-corrected chi connectivity index (χ0v) is 22.7. The molecule has 0 saturated carbocycles. The number of fused-ring (bicyclic) bond motifs is 3. The molecule has 0 radical (unpaired) electrons. The summed E-state index contributed by atoms with van der Waals surface area (Å²) in [4.78, 5) is 20.8. The van der Waals surface area contributed by atoms with Gasteiger partial charge in [-0.2, -0.15) is 0 Å². The van der Waals surface area contributed by atoms with Crippen LogP contribution in [0, 0.1) is 0 Å². The Morgan fingerprint density at radius 3 is 2.58 bits per heavy atom. The maximum atomic E-state index is 14.1. The van der Waals surface area contributed by atoms with E-state index in [-0.39, 0.29) is 5.91 Å². The van der Waals surface area contributed by atoms with Crippen LogP contribution in [-0.4, -0.2) is 73.0 Å². The fourth-order valence-corrected chi connectivity index (χ4v) is 5.70. The summed E-state index contributed by atoms with van der Waals surface area (Å²) in [5, 5.41) is 3.68. The molecule has 3 aromatic carbocycles. The lowest BCUT2D eigenvalue weighted by molar-refractivity contribution is 0.0663. The van der Waals surface area contributed by atoms with E-state index in [1.165, 1.54) is 5.56 Å². The minimum atomic E-state index is 0.0558. The molecular weight excluding hydrogens is 472 g/mol. The Balaban J connectivity index is 1.41. The van der Waals surface area contributed by atoms with Gasteiger partial charge in [-0.05, 0) is 68.8 Å². The zero-order valence-electron chi connectivity index (χ0n) is 22.7. The molecule has 6 heteroatoms. The summed E-state index contributed by atoms with van der Waals surface area (Å²) < 4.78 is 5.95. The van der Waals surface area contributed by atoms with Crippen LogP contribution in [0.4, 0.5) is 5.69 Å². The number of ether oxygens (including phenoxy) is 1. The van der Waals surface area contributed by atoms with Crippen LogP contribution in [0.1, 0.15) is 40.7 Å². The summed E-state index contributed by atoms with van der Waals surface area (Å²) in [6.07, 6.45) is 3.37. The minimum Gasteiger partial charge on any atom is -0.492 e. The number of nitrogens with one attached hydrogen (secondary N) is 1. The average Bonchev–Trinajstić information content (AvgIpc) is 3.28. The highest BCUT2D eigenvalue weighted by molar-refractivity contribution is 5.94. The maximum Gasteiger partial charge on any atom is 0.254 e. The van der Waals surface area contributed by atoms with Crippen LogP contribution in [0.2, 0.25) is 0 Å². The number of hydrogen-bond acceptors (Lipinski definition) is 5. The van der Waals surface area contributed by atoms with Crippen molar-refractivity contribution in [3.05, 3.63) is 95.6 Å². The lowest BCUT2D eigenvalue weighted by atomic mass is 10.1. The number of benzene rings is 3. The number of carbonyl (C=O) groups excluding carboxylic acids is 1. The molecule has 2 heterocycles. The first kappa shape index (κ1) is 26.3. The Labute approximate surface area is 227 Å². The molecule has 1 N–H and O–H groups in total. The van der Waals surface area contributed by atoms with E-state index in [1.54, 1.807) is 0 Å². The lowest BCUT2D eigenvalue weighted by Gasteiger charge is -2.34. The van der Waals surface area contributed by atoms with Crippen LogP contribution in [0.5, 0.6) is 5.75 Å². The first-order valence-electron chi connectivity index (χ1n) is 13.8. The molecule has 0 aromatic heterocycles. The summed E-state index contributed by atoms with van der Waals surface area (Å²) in [7, 11) is 4.05. The van der Waals surface area contributed by atoms with Crippen LogP contribution < -0.4 is 10.1 Å². The Morgan fingerprint density at radius 2 is 1.74 bits per heavy atom. The fraction of sp³-hybridized carbons (Fsp3) is 0.406. The molecule has 2 atom stereocenters. The number of anilines is 1. The molecule has 5 rings (SSSR count). The lowest BCUT2D eigenvalue weighted by Crippen LogP contribution is -2.44. The number of likely N-dealkylation sites (N-methyl/N-ethyl adjacent to an activating group) is 1. The predicted molar refractivity (Wildman–Crippen MR) is 154 cm³/mol. The van der Waals surface area contributed by atoms with Gasteiger partial charge in [-0.1, -0.05) is 54.6 Å². The topological polar surface area (TPSA) is 48.1 Å². The van der Waals surface area contributed by atoms with E-state index in [2.05, 4.69) is 74.6 Å². The van der Waals surface area contributed by atoms with Gasteiger partial charge in [0.1, 0.15) is 12.4 Å². The summed E-state index contributed by atoms with van der Waals surface area (Å²) in [6, 6.07) is 27.6. The third-order valence-electron chi connectivity index (χ3n) is 7.76. The number of amides is 1. The van der Waals surface area contributed by atoms with E-state index < -0.39 is 0 Å². The van der Waals surface area contributed by atoms with Gasteiger partial charge < -0.3 is 19.9 Å². The van der Waals surface area contributed by atoms with Crippen molar-refractivity contribution in [1.82, 2.24) is 14.7 Å². The molecule has 2 bridgehead atoms. The van der Waals surface area contributed by atoms with E-state index in [4.69, 9.17) is 4.74 Å². The molecule has 1 fully saturated rings. The Hall–Kier alpha value is -3.35. The van der Waals surface area contributed by atoms with Crippen LogP contribution in [0.25, 0.3) is 0 Å². The third kappa shape index (κ3) is 6.55. The molecule has 1 saturated heterocycles. The standard InChI is InChI=1S/C32H40N4O2/c1-34(2)19-20-38-30-13-8-12-26(21-30)32(37)35-23-27-11-6-7-14-31(27)33-18-17-28-15-16-29(24-35)36(28)22-25-9-4-3-5-10-25/h3-14,21,28-29,33H,15-20,22-24H2,1-2H3/t28-,29+/m0/s1. The highest BCUT2D eigenvalue weighted by Gasteiger charge is 2.35. The van der Waals surface area contributed by atoms with Gasteiger partial charge in [-0.25, -0.2) is 0 Å². The number of para-hydroxylation sites is 1. The van der Waals surface area contributed by atoms with E-state index >= 15 is 0 Å². The molecule has 0 spiro atoms. The van der Waals surface area contributed by atoms with E-state index in [1.807, 2.05) is 38.4 Å². The summed E-state index contributed by atoms with van der Waals surface area (Å²) in [5.74, 6) is 0.796. The van der Waals surface area contributed by atoms with Crippen molar-refractivity contribution in [3.8, 4) is 5.75 Å². The van der Waals surface area contributed by atoms with Crippen molar-refractivity contribution in [2.45, 2.75) is 44.4 Å². The normalized spacial score (nSPS) is 19.9. The molecule has 3 aromatic rings. The van der Waals surface area contributed by atoms with Gasteiger partial charge in [0.2, 0.25) is 0 Å². The van der Waals surface area contributed by atoms with Gasteiger partial charge in [0.15, 0.2) is 0 Å². The van der Waals surface area contributed by atoms with Crippen LogP contribution in [-0.2, 0) is 13.1 Å². The third-order valence-corrected chi connectivity index (χ3v) is 7.76. The Kier molecular flexibility index (Phi) is 8.61. The van der Waals surface area contributed by atoms with E-state index in [9.17, 15) is 4.79 Å². The molecule has 38 heavy (non-hydrogen) atoms. The Bertz CT molecular complexity index is 1200. The maximum absolute atomic E-state index is 14.1. The number of carbonyl (C=O) groups is 1. The largest absolute Gasteiger partial charge is 0.492 e. The second kappa shape index (κ2) is 12.5. The smallest absolute Gasteiger partial charge is 0.254 e. The number of nitrogens with zero attached hydrogens (tertiary/aromatic N) is 3. The van der Waals surface area contributed by atoms with Crippen molar-refractivity contribution in [1.29, 1.82) is 0 Å². The summed E-state index contributed by atoms with van der Waals surface area (Å²) in [6.45, 7) is 4.55. The predicted octanol–water partition coefficient (Wildman–Crippen LogP) is 5.12. The fourth-order valence-electron chi connectivity index (χ4n) is 5.70. The molecule has 2 aliphatic rings. The van der Waals surface area contributed by atoms with Crippen molar-refractivity contribution >= 4 is 11.6 Å². The van der Waals surface area contributed by atoms with Crippen molar-refractivity contribution < 1.29 is 9.53 Å². The van der Waals surface area contributed by atoms with E-state index in [0.29, 0.717) is 37.3 Å². The monoisotopic (exact) mass is 512 g/mol. The minimum absolute atomic E-state index is 0.0558. The van der Waals surface area contributed by atoms with Crippen molar-refractivity contribution in [3.63, 3.8) is 0 Å². The van der Waals surface area contributed by atoms with Gasteiger partial charge >= 0.3 is 0 Å². The second-order valence-electron chi connectivity index (χ2n) is 10.8. The first-order valence-corrected chi connectivity index (χ1v) is 13.8. The van der Waals surface area contributed by atoms with Gasteiger partial charge in [-0.15, -0.1) is 0 Å². The molecule has 200 valence electrons. The zero-order chi connectivity index (χ0) is 26.3. The second-order valence-corrected chi connectivity index (χ2v) is 10.8. The number of hydrogen-bond donors (Lipinski definition) is 1. The van der Waals surface area contributed by atoms with E-state index in [0.717, 1.165) is 55.9 Å². The molecular formula is C32H40N4O2. The highest BCUT2D eigenvalue weighted by atomic mass is 16.5. The van der Waals surface area contributed by atoms with Crippen LogP contribution >= 0.6 is 0 Å². The molecule has 6 nitrogen and oxygen atoms in total. The van der Waals surface area contributed by atoms with Crippen molar-refractivity contribution in [2.75, 3.05) is 45.7 Å². The summed E-state index contributed by atoms with van der Waals surface area (Å²) in [5.41, 5.74) is 4.29. The highest BCUT2D eigenvalue weighted by Crippen LogP contribution is 2.31. The first-order chi connectivity index (χ1) is 18.6. The quantitative estimate of drug-likeness (QED) is 0.476. The SMILES string of the molecule is CN(C)CCOc1cccc(C(=O)N2Cc3ccccc3NCC[C@@H]3CC[C@H](C2)N3Cc2ccccc2)c1. The molecule has 0 aliphatic carbocycles. The van der Waals surface area contributed by atoms with Gasteiger partial charge in [0, 0.05) is 56.1 Å². The van der Waals surface area contributed by atoms with Crippen molar-refractivity contribution in [2.24, 2.45) is 0 Å². The molecule has 0 unspecified atom stereocenters. The number of rotatable bonds is 7. The average molecular weight is 513 g/mol. The van der Waals surface area contributed by atoms with Crippen LogP contribution in [0.3, 0.4) is 0 Å². The van der Waals surface area contributed by atoms with Crippen LogP contribution in [0.15, 0.2) is 78.9 Å². The van der Waals surface area contributed by atoms with Gasteiger partial charge in [-0.3, -0.25) is 9.69 Å². The molecule has 2 aliphatic heterocycles. The summed E-state index contributed by atoms with van der Waals surface area (Å²) >= 11 is 0.